The zero-order valence-electron chi connectivity index (χ0n) is 7.82. The van der Waals surface area contributed by atoms with E-state index in [1.54, 1.807) is 0 Å². The van der Waals surface area contributed by atoms with E-state index in [9.17, 15) is 13.2 Å². The SMILES string of the molecule is Cc1ccccc1C.FC(F)=C(F)Cl. The molecule has 1 aromatic carbocycles. The normalized spacial score (nSPS) is 8.71. The lowest BCUT2D eigenvalue weighted by molar-refractivity contribution is 0.393. The molecular formula is C10H10ClF3. The Balaban J connectivity index is 0.000000255. The molecule has 0 aliphatic carbocycles. The summed E-state index contributed by atoms with van der Waals surface area (Å²) in [5.41, 5.74) is 2.74. The Bertz CT molecular complexity index is 282. The molecule has 0 radical (unpaired) electrons. The van der Waals surface area contributed by atoms with Crippen molar-refractivity contribution in [2.75, 3.05) is 0 Å². The van der Waals surface area contributed by atoms with Crippen molar-refractivity contribution in [3.05, 3.63) is 46.8 Å². The van der Waals surface area contributed by atoms with E-state index in [1.807, 2.05) is 0 Å². The van der Waals surface area contributed by atoms with Crippen LogP contribution in [0, 0.1) is 13.8 Å². The lowest BCUT2D eigenvalue weighted by atomic mass is 10.1. The summed E-state index contributed by atoms with van der Waals surface area (Å²) < 4.78 is 31.8. The van der Waals surface area contributed by atoms with Gasteiger partial charge in [0.1, 0.15) is 0 Å². The van der Waals surface area contributed by atoms with Gasteiger partial charge in [0, 0.05) is 0 Å². The van der Waals surface area contributed by atoms with Crippen molar-refractivity contribution in [1.29, 1.82) is 0 Å². The van der Waals surface area contributed by atoms with Crippen LogP contribution in [0.5, 0.6) is 0 Å². The fourth-order valence-electron chi connectivity index (χ4n) is 0.663. The smallest absolute Gasteiger partial charge is 0.188 e. The highest BCUT2D eigenvalue weighted by molar-refractivity contribution is 6.28. The van der Waals surface area contributed by atoms with Gasteiger partial charge >= 0.3 is 6.08 Å². The molecule has 14 heavy (non-hydrogen) atoms. The van der Waals surface area contributed by atoms with Gasteiger partial charge in [-0.15, -0.1) is 0 Å². The van der Waals surface area contributed by atoms with E-state index in [0.717, 1.165) is 0 Å². The van der Waals surface area contributed by atoms with Crippen LogP contribution in [-0.2, 0) is 0 Å². The minimum absolute atomic E-state index is 1.37. The molecule has 0 saturated heterocycles. The highest BCUT2D eigenvalue weighted by atomic mass is 35.5. The second-order valence-corrected chi connectivity index (χ2v) is 2.94. The highest BCUT2D eigenvalue weighted by Gasteiger charge is 1.95. The van der Waals surface area contributed by atoms with E-state index in [2.05, 4.69) is 49.7 Å². The fraction of sp³-hybridized carbons (Fsp3) is 0.200. The summed E-state index contributed by atoms with van der Waals surface area (Å²) in [6.45, 7) is 4.24. The molecule has 0 saturated carbocycles. The van der Waals surface area contributed by atoms with Crippen LogP contribution >= 0.6 is 11.6 Å². The van der Waals surface area contributed by atoms with Crippen LogP contribution in [-0.4, -0.2) is 0 Å². The molecule has 0 aromatic heterocycles. The van der Waals surface area contributed by atoms with Crippen molar-refractivity contribution >= 4 is 11.6 Å². The molecule has 0 amide bonds. The van der Waals surface area contributed by atoms with Crippen LogP contribution in [0.1, 0.15) is 11.1 Å². The molecule has 78 valence electrons. The minimum atomic E-state index is -2.48. The molecule has 0 spiro atoms. The van der Waals surface area contributed by atoms with Gasteiger partial charge in [-0.25, -0.2) is 0 Å². The van der Waals surface area contributed by atoms with Gasteiger partial charge in [0.25, 0.3) is 5.29 Å². The second kappa shape index (κ2) is 6.49. The van der Waals surface area contributed by atoms with E-state index >= 15 is 0 Å². The van der Waals surface area contributed by atoms with Crippen LogP contribution in [0.25, 0.3) is 0 Å². The lowest BCUT2D eigenvalue weighted by Gasteiger charge is -1.93. The summed E-state index contributed by atoms with van der Waals surface area (Å²) in [4.78, 5) is 0. The number of benzene rings is 1. The van der Waals surface area contributed by atoms with Gasteiger partial charge in [0.05, 0.1) is 0 Å². The molecule has 0 fully saturated rings. The maximum Gasteiger partial charge on any atom is 0.317 e. The van der Waals surface area contributed by atoms with E-state index in [-0.39, 0.29) is 0 Å². The van der Waals surface area contributed by atoms with Gasteiger partial charge in [0.15, 0.2) is 0 Å². The van der Waals surface area contributed by atoms with E-state index in [1.165, 1.54) is 11.1 Å². The maximum atomic E-state index is 10.7. The largest absolute Gasteiger partial charge is 0.317 e. The monoisotopic (exact) mass is 222 g/mol. The number of aryl methyl sites for hydroxylation is 2. The number of hydrogen-bond acceptors (Lipinski definition) is 0. The Hall–Kier alpha value is -0.960. The second-order valence-electron chi connectivity index (χ2n) is 2.61. The molecule has 0 N–H and O–H groups in total. The minimum Gasteiger partial charge on any atom is -0.188 e. The first-order valence-corrected chi connectivity index (χ1v) is 4.21. The predicted octanol–water partition coefficient (Wildman–Crippen LogP) is 4.56. The number of hydrogen-bond donors (Lipinski definition) is 0. The van der Waals surface area contributed by atoms with Crippen LogP contribution in [0.3, 0.4) is 0 Å². The third-order valence-corrected chi connectivity index (χ3v) is 1.71. The molecule has 0 aliphatic rings. The Morgan fingerprint density at radius 2 is 1.29 bits per heavy atom. The summed E-state index contributed by atoms with van der Waals surface area (Å²) >= 11 is 4.08. The van der Waals surface area contributed by atoms with Gasteiger partial charge in [-0.3, -0.25) is 0 Å². The average Bonchev–Trinajstić information content (AvgIpc) is 2.11. The molecule has 0 bridgehead atoms. The molecule has 4 heteroatoms. The summed E-state index contributed by atoms with van der Waals surface area (Å²) in [7, 11) is 0. The van der Waals surface area contributed by atoms with E-state index < -0.39 is 11.4 Å². The lowest BCUT2D eigenvalue weighted by Crippen LogP contribution is -1.74. The molecule has 1 rings (SSSR count). The predicted molar refractivity (Wildman–Crippen MR) is 52.1 cm³/mol. The highest BCUT2D eigenvalue weighted by Crippen LogP contribution is 2.11. The molecule has 0 heterocycles. The Kier molecular flexibility index (Phi) is 6.04. The van der Waals surface area contributed by atoms with Crippen LogP contribution < -0.4 is 0 Å². The van der Waals surface area contributed by atoms with Crippen molar-refractivity contribution in [1.82, 2.24) is 0 Å². The standard InChI is InChI=1S/C8H10.C2ClF3/c1-7-5-3-4-6-8(7)2;3-1(4)2(5)6/h3-6H,1-2H3;. The average molecular weight is 223 g/mol. The van der Waals surface area contributed by atoms with Crippen LogP contribution in [0.15, 0.2) is 35.6 Å². The molecule has 0 atom stereocenters. The molecular weight excluding hydrogens is 213 g/mol. The van der Waals surface area contributed by atoms with Gasteiger partial charge in [0.2, 0.25) is 0 Å². The summed E-state index contributed by atoms with van der Waals surface area (Å²) in [5.74, 6) is 0. The van der Waals surface area contributed by atoms with E-state index in [0.29, 0.717) is 0 Å². The van der Waals surface area contributed by atoms with Crippen LogP contribution in [0.4, 0.5) is 13.2 Å². The van der Waals surface area contributed by atoms with Gasteiger partial charge in [-0.1, -0.05) is 24.3 Å². The third-order valence-electron chi connectivity index (χ3n) is 1.57. The van der Waals surface area contributed by atoms with Gasteiger partial charge in [-0.05, 0) is 36.6 Å². The summed E-state index contributed by atoms with van der Waals surface area (Å²) in [5, 5.41) is -1.94. The van der Waals surface area contributed by atoms with Gasteiger partial charge in [-0.2, -0.15) is 13.2 Å². The molecule has 0 aliphatic heterocycles. The van der Waals surface area contributed by atoms with Crippen molar-refractivity contribution in [2.24, 2.45) is 0 Å². The van der Waals surface area contributed by atoms with Crippen molar-refractivity contribution in [3.63, 3.8) is 0 Å². The first-order valence-electron chi connectivity index (χ1n) is 3.83. The fourth-order valence-corrected chi connectivity index (χ4v) is 0.663. The molecule has 1 aromatic rings. The molecule has 0 nitrogen and oxygen atoms in total. The first-order chi connectivity index (χ1) is 6.45. The number of halogens is 4. The maximum absolute atomic E-state index is 10.7. The van der Waals surface area contributed by atoms with Crippen molar-refractivity contribution < 1.29 is 13.2 Å². The first kappa shape index (κ1) is 13.0. The van der Waals surface area contributed by atoms with Crippen LogP contribution in [0.2, 0.25) is 0 Å². The topological polar surface area (TPSA) is 0 Å². The van der Waals surface area contributed by atoms with Gasteiger partial charge < -0.3 is 0 Å². The summed E-state index contributed by atoms with van der Waals surface area (Å²) in [6.07, 6.45) is -2.48. The zero-order valence-corrected chi connectivity index (χ0v) is 8.58. The quantitative estimate of drug-likeness (QED) is 0.604. The Morgan fingerprint density at radius 1 is 1.00 bits per heavy atom. The van der Waals surface area contributed by atoms with Crippen molar-refractivity contribution in [2.45, 2.75) is 13.8 Å². The summed E-state index contributed by atoms with van der Waals surface area (Å²) in [6, 6.07) is 8.36. The zero-order chi connectivity index (χ0) is 11.1. The Labute approximate surface area is 86.0 Å². The third kappa shape index (κ3) is 5.65. The Morgan fingerprint density at radius 3 is 1.43 bits per heavy atom. The van der Waals surface area contributed by atoms with Crippen molar-refractivity contribution in [3.8, 4) is 0 Å². The van der Waals surface area contributed by atoms with E-state index in [4.69, 9.17) is 0 Å². The number of rotatable bonds is 0. The molecule has 0 unspecified atom stereocenters.